The molecule has 0 saturated heterocycles. The van der Waals surface area contributed by atoms with E-state index < -0.39 is 0 Å². The zero-order chi connectivity index (χ0) is 10.6. The normalized spacial score (nSPS) is 13.2. The van der Waals surface area contributed by atoms with Crippen LogP contribution >= 0.6 is 11.6 Å². The Kier molecular flexibility index (Phi) is 4.20. The molecule has 0 amide bonds. The summed E-state index contributed by atoms with van der Waals surface area (Å²) in [6, 6.07) is 0.819. The van der Waals surface area contributed by atoms with Crippen molar-refractivity contribution in [2.75, 3.05) is 5.32 Å². The van der Waals surface area contributed by atoms with E-state index in [0.29, 0.717) is 23.9 Å². The molecule has 0 aliphatic carbocycles. The molecule has 5 heteroatoms. The summed E-state index contributed by atoms with van der Waals surface area (Å²) >= 11 is 5.55. The van der Waals surface area contributed by atoms with Crippen LogP contribution in [0.1, 0.15) is 33.1 Å². The molecule has 1 aromatic heterocycles. The Morgan fingerprint density at radius 2 is 2.14 bits per heavy atom. The summed E-state index contributed by atoms with van der Waals surface area (Å²) in [5.41, 5.74) is 0. The number of anilines is 1. The summed E-state index contributed by atoms with van der Waals surface area (Å²) in [6.07, 6.45) is 1.02. The number of rotatable bonds is 5. The largest absolute Gasteiger partial charge is 0.407 e. The second-order valence-corrected chi connectivity index (χ2v) is 3.80. The Hall–Kier alpha value is -0.770. The van der Waals surface area contributed by atoms with Crippen LogP contribution in [0.3, 0.4) is 0 Å². The van der Waals surface area contributed by atoms with Gasteiger partial charge in [0.1, 0.15) is 5.88 Å². The second-order valence-electron chi connectivity index (χ2n) is 3.54. The van der Waals surface area contributed by atoms with Gasteiger partial charge in [0.25, 0.3) is 0 Å². The zero-order valence-electron chi connectivity index (χ0n) is 8.75. The van der Waals surface area contributed by atoms with Crippen molar-refractivity contribution in [2.45, 2.75) is 39.1 Å². The summed E-state index contributed by atoms with van der Waals surface area (Å²) < 4.78 is 5.25. The van der Waals surface area contributed by atoms with Crippen LogP contribution in [0.15, 0.2) is 4.42 Å². The maximum atomic E-state index is 5.55. The van der Waals surface area contributed by atoms with Crippen molar-refractivity contribution in [3.05, 3.63) is 5.89 Å². The molecule has 14 heavy (non-hydrogen) atoms. The molecule has 0 radical (unpaired) electrons. The lowest BCUT2D eigenvalue weighted by atomic mass is 10.0. The average Bonchev–Trinajstić information content (AvgIpc) is 2.61. The van der Waals surface area contributed by atoms with Crippen molar-refractivity contribution in [1.29, 1.82) is 0 Å². The molecule has 0 aliphatic heterocycles. The predicted molar refractivity (Wildman–Crippen MR) is 56.4 cm³/mol. The van der Waals surface area contributed by atoms with Gasteiger partial charge in [-0.1, -0.05) is 25.9 Å². The van der Waals surface area contributed by atoms with E-state index in [-0.39, 0.29) is 5.88 Å². The van der Waals surface area contributed by atoms with E-state index in [4.69, 9.17) is 16.0 Å². The highest BCUT2D eigenvalue weighted by Gasteiger charge is 2.13. The van der Waals surface area contributed by atoms with E-state index in [2.05, 4.69) is 36.3 Å². The lowest BCUT2D eigenvalue weighted by Gasteiger charge is -2.18. The molecule has 1 rings (SSSR count). The van der Waals surface area contributed by atoms with Crippen LogP contribution in [0.25, 0.3) is 0 Å². The molecule has 1 unspecified atom stereocenters. The first-order chi connectivity index (χ1) is 6.67. The molecule has 1 heterocycles. The van der Waals surface area contributed by atoms with Crippen LogP contribution < -0.4 is 5.32 Å². The zero-order valence-corrected chi connectivity index (χ0v) is 9.51. The molecule has 0 aromatic carbocycles. The molecule has 80 valence electrons. The summed E-state index contributed by atoms with van der Waals surface area (Å²) in [5.74, 6) is 1.24. The van der Waals surface area contributed by atoms with E-state index in [0.717, 1.165) is 6.42 Å². The van der Waals surface area contributed by atoms with Gasteiger partial charge in [-0.15, -0.1) is 16.7 Å². The molecule has 1 aromatic rings. The third kappa shape index (κ3) is 2.87. The van der Waals surface area contributed by atoms with Gasteiger partial charge in [-0.05, 0) is 12.3 Å². The smallest absolute Gasteiger partial charge is 0.315 e. The maximum absolute atomic E-state index is 5.55. The monoisotopic (exact) mass is 217 g/mol. The lowest BCUT2D eigenvalue weighted by molar-refractivity contribution is 0.471. The molecule has 0 fully saturated rings. The molecule has 0 bridgehead atoms. The van der Waals surface area contributed by atoms with Gasteiger partial charge in [0, 0.05) is 6.04 Å². The Bertz CT molecular complexity index is 275. The minimum atomic E-state index is 0.257. The second kappa shape index (κ2) is 5.20. The van der Waals surface area contributed by atoms with Crippen LogP contribution in [0.5, 0.6) is 0 Å². The first-order valence-electron chi connectivity index (χ1n) is 4.82. The van der Waals surface area contributed by atoms with E-state index in [1.165, 1.54) is 0 Å². The first-order valence-corrected chi connectivity index (χ1v) is 5.35. The fourth-order valence-corrected chi connectivity index (χ4v) is 1.37. The molecule has 0 aliphatic rings. The summed E-state index contributed by atoms with van der Waals surface area (Å²) in [7, 11) is 0. The summed E-state index contributed by atoms with van der Waals surface area (Å²) in [6.45, 7) is 6.43. The number of hydrogen-bond donors (Lipinski definition) is 1. The Balaban J connectivity index is 2.57. The van der Waals surface area contributed by atoms with Gasteiger partial charge >= 0.3 is 6.01 Å². The Morgan fingerprint density at radius 3 is 2.57 bits per heavy atom. The van der Waals surface area contributed by atoms with Crippen molar-refractivity contribution >= 4 is 17.6 Å². The van der Waals surface area contributed by atoms with Gasteiger partial charge in [0.15, 0.2) is 0 Å². The number of alkyl halides is 1. The lowest BCUT2D eigenvalue weighted by Crippen LogP contribution is -2.24. The Labute approximate surface area is 89.0 Å². The molecule has 4 nitrogen and oxygen atoms in total. The highest BCUT2D eigenvalue weighted by Crippen LogP contribution is 2.14. The average molecular weight is 218 g/mol. The highest BCUT2D eigenvalue weighted by atomic mass is 35.5. The summed E-state index contributed by atoms with van der Waals surface area (Å²) in [4.78, 5) is 0. The number of nitrogens with one attached hydrogen (secondary N) is 1. The van der Waals surface area contributed by atoms with E-state index >= 15 is 0 Å². The quantitative estimate of drug-likeness (QED) is 0.771. The summed E-state index contributed by atoms with van der Waals surface area (Å²) in [5, 5.41) is 10.8. The molecule has 0 spiro atoms. The first kappa shape index (κ1) is 11.3. The maximum Gasteiger partial charge on any atom is 0.315 e. The van der Waals surface area contributed by atoms with Crippen LogP contribution in [0.4, 0.5) is 6.01 Å². The molecular formula is C9H16ClN3O. The van der Waals surface area contributed by atoms with Crippen LogP contribution in [0, 0.1) is 5.92 Å². The van der Waals surface area contributed by atoms with Crippen molar-refractivity contribution in [3.8, 4) is 0 Å². The fourth-order valence-electron chi connectivity index (χ4n) is 1.26. The van der Waals surface area contributed by atoms with Crippen LogP contribution in [-0.4, -0.2) is 16.2 Å². The van der Waals surface area contributed by atoms with E-state index in [9.17, 15) is 0 Å². The van der Waals surface area contributed by atoms with Crippen LogP contribution in [0.2, 0.25) is 0 Å². The molecule has 1 atom stereocenters. The fraction of sp³-hybridized carbons (Fsp3) is 0.778. The van der Waals surface area contributed by atoms with Gasteiger partial charge in [0.05, 0.1) is 0 Å². The minimum absolute atomic E-state index is 0.257. The van der Waals surface area contributed by atoms with E-state index in [1.54, 1.807) is 0 Å². The van der Waals surface area contributed by atoms with Crippen LogP contribution in [-0.2, 0) is 5.88 Å². The van der Waals surface area contributed by atoms with Gasteiger partial charge in [-0.3, -0.25) is 0 Å². The SMILES string of the molecule is CCC(Nc1nnc(CCl)o1)C(C)C. The molecule has 1 N–H and O–H groups in total. The van der Waals surface area contributed by atoms with Gasteiger partial charge in [-0.25, -0.2) is 0 Å². The van der Waals surface area contributed by atoms with Gasteiger partial charge in [0.2, 0.25) is 5.89 Å². The number of halogens is 1. The van der Waals surface area contributed by atoms with Crippen molar-refractivity contribution in [1.82, 2.24) is 10.2 Å². The number of hydrogen-bond acceptors (Lipinski definition) is 4. The van der Waals surface area contributed by atoms with E-state index in [1.807, 2.05) is 0 Å². The number of aromatic nitrogens is 2. The van der Waals surface area contributed by atoms with Crippen molar-refractivity contribution in [3.63, 3.8) is 0 Å². The third-order valence-corrected chi connectivity index (χ3v) is 2.36. The topological polar surface area (TPSA) is 51.0 Å². The Morgan fingerprint density at radius 1 is 1.43 bits per heavy atom. The molecule has 0 saturated carbocycles. The van der Waals surface area contributed by atoms with Crippen molar-refractivity contribution in [2.24, 2.45) is 5.92 Å². The van der Waals surface area contributed by atoms with Gasteiger partial charge in [-0.2, -0.15) is 0 Å². The molecular weight excluding hydrogens is 202 g/mol. The predicted octanol–water partition coefficient (Wildman–Crippen LogP) is 2.65. The minimum Gasteiger partial charge on any atom is -0.407 e. The highest BCUT2D eigenvalue weighted by molar-refractivity contribution is 6.16. The van der Waals surface area contributed by atoms with Crippen molar-refractivity contribution < 1.29 is 4.42 Å². The standard InChI is InChI=1S/C9H16ClN3O/c1-4-7(6(2)3)11-9-13-12-8(5-10)14-9/h6-7H,4-5H2,1-3H3,(H,11,13). The van der Waals surface area contributed by atoms with Gasteiger partial charge < -0.3 is 9.73 Å². The number of nitrogens with zero attached hydrogens (tertiary/aromatic N) is 2. The third-order valence-electron chi connectivity index (χ3n) is 2.13.